The standard InChI is InChI=1S/C20H22ClN3O3/c21-16-3-1-2-15(10-16)12-23-6-8-24(9-7-23)13-20(25)22-17-4-5-18-19(11-17)27-14-26-18/h1-5,10-11H,6-9,12-14H2,(H,22,25). The third-order valence-corrected chi connectivity index (χ3v) is 5.02. The van der Waals surface area contributed by atoms with Crippen LogP contribution in [0.1, 0.15) is 5.56 Å². The highest BCUT2D eigenvalue weighted by Gasteiger charge is 2.20. The van der Waals surface area contributed by atoms with Crippen molar-refractivity contribution in [1.29, 1.82) is 0 Å². The van der Waals surface area contributed by atoms with Gasteiger partial charge < -0.3 is 14.8 Å². The second-order valence-corrected chi connectivity index (χ2v) is 7.23. The number of hydrogen-bond donors (Lipinski definition) is 1. The molecule has 7 heteroatoms. The molecule has 27 heavy (non-hydrogen) atoms. The predicted octanol–water partition coefficient (Wildman–Crippen LogP) is 2.83. The average Bonchev–Trinajstić information content (AvgIpc) is 3.11. The van der Waals surface area contributed by atoms with Gasteiger partial charge in [0.05, 0.1) is 6.54 Å². The Morgan fingerprint density at radius 2 is 1.78 bits per heavy atom. The number of piperazine rings is 1. The van der Waals surface area contributed by atoms with Gasteiger partial charge in [0.15, 0.2) is 11.5 Å². The zero-order valence-electron chi connectivity index (χ0n) is 15.0. The molecule has 0 aromatic heterocycles. The number of fused-ring (bicyclic) bond motifs is 1. The molecule has 2 heterocycles. The number of anilines is 1. The molecule has 2 aliphatic heterocycles. The first-order valence-electron chi connectivity index (χ1n) is 9.04. The van der Waals surface area contributed by atoms with Gasteiger partial charge >= 0.3 is 0 Å². The minimum absolute atomic E-state index is 0.0165. The van der Waals surface area contributed by atoms with Crippen LogP contribution in [0.3, 0.4) is 0 Å². The second kappa shape index (κ2) is 8.17. The Balaban J connectivity index is 1.23. The normalized spacial score (nSPS) is 17.1. The Labute approximate surface area is 163 Å². The van der Waals surface area contributed by atoms with Crippen LogP contribution in [0.4, 0.5) is 5.69 Å². The molecule has 2 aromatic rings. The summed E-state index contributed by atoms with van der Waals surface area (Å²) >= 11 is 6.05. The molecule has 0 saturated carbocycles. The van der Waals surface area contributed by atoms with Gasteiger partial charge in [0, 0.05) is 49.5 Å². The monoisotopic (exact) mass is 387 g/mol. The van der Waals surface area contributed by atoms with Crippen LogP contribution in [0.2, 0.25) is 5.02 Å². The summed E-state index contributed by atoms with van der Waals surface area (Å²) in [5, 5.41) is 3.70. The third kappa shape index (κ3) is 4.71. The van der Waals surface area contributed by atoms with Gasteiger partial charge in [0.2, 0.25) is 12.7 Å². The molecule has 1 fully saturated rings. The molecule has 0 atom stereocenters. The maximum absolute atomic E-state index is 12.3. The van der Waals surface area contributed by atoms with Gasteiger partial charge in [-0.25, -0.2) is 0 Å². The molecule has 2 aliphatic rings. The van der Waals surface area contributed by atoms with Gasteiger partial charge in [-0.15, -0.1) is 0 Å². The van der Waals surface area contributed by atoms with Crippen LogP contribution in [-0.2, 0) is 11.3 Å². The minimum Gasteiger partial charge on any atom is -0.454 e. The number of carbonyl (C=O) groups is 1. The van der Waals surface area contributed by atoms with E-state index >= 15 is 0 Å². The SMILES string of the molecule is O=C(CN1CCN(Cc2cccc(Cl)c2)CC1)Nc1ccc2c(c1)OCO2. The minimum atomic E-state index is -0.0165. The fourth-order valence-electron chi connectivity index (χ4n) is 3.38. The highest BCUT2D eigenvalue weighted by molar-refractivity contribution is 6.30. The highest BCUT2D eigenvalue weighted by Crippen LogP contribution is 2.34. The highest BCUT2D eigenvalue weighted by atomic mass is 35.5. The summed E-state index contributed by atoms with van der Waals surface area (Å²) < 4.78 is 10.6. The molecule has 142 valence electrons. The Bertz CT molecular complexity index is 822. The van der Waals surface area contributed by atoms with Crippen molar-refractivity contribution in [2.24, 2.45) is 0 Å². The number of halogens is 1. The molecule has 0 spiro atoms. The molecular weight excluding hydrogens is 366 g/mol. The number of carbonyl (C=O) groups excluding carboxylic acids is 1. The van der Waals surface area contributed by atoms with E-state index in [4.69, 9.17) is 21.1 Å². The predicted molar refractivity (Wildman–Crippen MR) is 104 cm³/mol. The lowest BCUT2D eigenvalue weighted by atomic mass is 10.2. The average molecular weight is 388 g/mol. The summed E-state index contributed by atoms with van der Waals surface area (Å²) in [5.41, 5.74) is 1.94. The van der Waals surface area contributed by atoms with E-state index in [1.807, 2.05) is 30.3 Å². The smallest absolute Gasteiger partial charge is 0.238 e. The van der Waals surface area contributed by atoms with Gasteiger partial charge in [0.1, 0.15) is 0 Å². The fourth-order valence-corrected chi connectivity index (χ4v) is 3.59. The molecular formula is C20H22ClN3O3. The van der Waals surface area contributed by atoms with Crippen molar-refractivity contribution in [3.05, 3.63) is 53.1 Å². The molecule has 0 bridgehead atoms. The van der Waals surface area contributed by atoms with Gasteiger partial charge in [-0.2, -0.15) is 0 Å². The maximum atomic E-state index is 12.3. The van der Waals surface area contributed by atoms with E-state index in [0.29, 0.717) is 18.0 Å². The Hall–Kier alpha value is -2.28. The molecule has 0 radical (unpaired) electrons. The molecule has 4 rings (SSSR count). The zero-order valence-corrected chi connectivity index (χ0v) is 15.7. The van der Waals surface area contributed by atoms with Crippen molar-refractivity contribution in [3.63, 3.8) is 0 Å². The molecule has 1 N–H and O–H groups in total. The zero-order chi connectivity index (χ0) is 18.6. The van der Waals surface area contributed by atoms with Gasteiger partial charge in [-0.1, -0.05) is 23.7 Å². The number of ether oxygens (including phenoxy) is 2. The van der Waals surface area contributed by atoms with Crippen molar-refractivity contribution < 1.29 is 14.3 Å². The van der Waals surface area contributed by atoms with Gasteiger partial charge in [0.25, 0.3) is 0 Å². The largest absolute Gasteiger partial charge is 0.454 e. The lowest BCUT2D eigenvalue weighted by Gasteiger charge is -2.34. The third-order valence-electron chi connectivity index (χ3n) is 4.78. The van der Waals surface area contributed by atoms with E-state index in [0.717, 1.165) is 43.4 Å². The first kappa shape index (κ1) is 18.1. The van der Waals surface area contributed by atoms with Crippen molar-refractivity contribution in [2.45, 2.75) is 6.54 Å². The maximum Gasteiger partial charge on any atom is 0.238 e. The summed E-state index contributed by atoms with van der Waals surface area (Å²) in [6.07, 6.45) is 0. The van der Waals surface area contributed by atoms with Crippen molar-refractivity contribution in [1.82, 2.24) is 9.80 Å². The topological polar surface area (TPSA) is 54.0 Å². The molecule has 6 nitrogen and oxygen atoms in total. The Kier molecular flexibility index (Phi) is 5.48. The quantitative estimate of drug-likeness (QED) is 0.855. The van der Waals surface area contributed by atoms with Gasteiger partial charge in [-0.3, -0.25) is 14.6 Å². The van der Waals surface area contributed by atoms with Gasteiger partial charge in [-0.05, 0) is 29.8 Å². The van der Waals surface area contributed by atoms with E-state index in [1.165, 1.54) is 5.56 Å². The summed E-state index contributed by atoms with van der Waals surface area (Å²) in [6.45, 7) is 5.11. The number of nitrogens with zero attached hydrogens (tertiary/aromatic N) is 2. The number of benzene rings is 2. The van der Waals surface area contributed by atoms with Crippen LogP contribution in [0.5, 0.6) is 11.5 Å². The van der Waals surface area contributed by atoms with E-state index in [2.05, 4.69) is 21.2 Å². The van der Waals surface area contributed by atoms with E-state index in [1.54, 1.807) is 6.07 Å². The van der Waals surface area contributed by atoms with E-state index in [-0.39, 0.29) is 12.7 Å². The number of amides is 1. The first-order chi connectivity index (χ1) is 13.2. The Morgan fingerprint density at radius 1 is 1.00 bits per heavy atom. The molecule has 0 unspecified atom stereocenters. The van der Waals surface area contributed by atoms with Crippen LogP contribution in [0, 0.1) is 0 Å². The van der Waals surface area contributed by atoms with Crippen molar-refractivity contribution in [2.75, 3.05) is 44.8 Å². The number of nitrogens with one attached hydrogen (secondary N) is 1. The second-order valence-electron chi connectivity index (χ2n) is 6.80. The van der Waals surface area contributed by atoms with Crippen LogP contribution in [0.25, 0.3) is 0 Å². The summed E-state index contributed by atoms with van der Waals surface area (Å²) in [4.78, 5) is 16.9. The number of hydrogen-bond acceptors (Lipinski definition) is 5. The van der Waals surface area contributed by atoms with Crippen LogP contribution < -0.4 is 14.8 Å². The van der Waals surface area contributed by atoms with Crippen molar-refractivity contribution >= 4 is 23.2 Å². The molecule has 1 amide bonds. The fraction of sp³-hybridized carbons (Fsp3) is 0.350. The lowest BCUT2D eigenvalue weighted by Crippen LogP contribution is -2.48. The van der Waals surface area contributed by atoms with Crippen LogP contribution in [-0.4, -0.2) is 55.2 Å². The summed E-state index contributed by atoms with van der Waals surface area (Å²) in [7, 11) is 0. The van der Waals surface area contributed by atoms with Crippen LogP contribution >= 0.6 is 11.6 Å². The first-order valence-corrected chi connectivity index (χ1v) is 9.42. The van der Waals surface area contributed by atoms with Crippen LogP contribution in [0.15, 0.2) is 42.5 Å². The van der Waals surface area contributed by atoms with Crippen molar-refractivity contribution in [3.8, 4) is 11.5 Å². The molecule has 0 aliphatic carbocycles. The molecule has 2 aromatic carbocycles. The van der Waals surface area contributed by atoms with E-state index < -0.39 is 0 Å². The van der Waals surface area contributed by atoms with E-state index in [9.17, 15) is 4.79 Å². The Morgan fingerprint density at radius 3 is 2.59 bits per heavy atom. The lowest BCUT2D eigenvalue weighted by molar-refractivity contribution is -0.117. The number of rotatable bonds is 5. The summed E-state index contributed by atoms with van der Waals surface area (Å²) in [6, 6.07) is 13.4. The molecule has 1 saturated heterocycles. The summed E-state index contributed by atoms with van der Waals surface area (Å²) in [5.74, 6) is 1.36.